The molecule has 3 aromatic heterocycles. The number of imidazole rings is 1. The molecule has 0 amide bonds. The maximum Gasteiger partial charge on any atom is 0.329 e. The molecule has 5 rings (SSSR count). The molecule has 0 aliphatic heterocycles. The van der Waals surface area contributed by atoms with Gasteiger partial charge < -0.3 is 9.30 Å². The lowest BCUT2D eigenvalue weighted by Gasteiger charge is -2.43. The van der Waals surface area contributed by atoms with Crippen molar-refractivity contribution in [1.82, 2.24) is 18.7 Å². The summed E-state index contributed by atoms with van der Waals surface area (Å²) >= 11 is 6.36. The van der Waals surface area contributed by atoms with Gasteiger partial charge in [-0.05, 0) is 87.6 Å². The SMILES string of the molecule is CCCC(C(C)(C)C)C(C)(C)OCCCCn1c(CCn2c(=O)n(C3CC3)c3ccncc32)cc2cc(Cl)ccc21. The Bertz CT molecular complexity index is 1550. The third-order valence-electron chi connectivity index (χ3n) is 8.93. The summed E-state index contributed by atoms with van der Waals surface area (Å²) in [6.07, 6.45) is 10.9. The van der Waals surface area contributed by atoms with E-state index in [1.54, 1.807) is 6.20 Å². The number of hydrogen-bond donors (Lipinski definition) is 0. The summed E-state index contributed by atoms with van der Waals surface area (Å²) in [5, 5.41) is 1.89. The summed E-state index contributed by atoms with van der Waals surface area (Å²) in [4.78, 5) is 17.8. The highest BCUT2D eigenvalue weighted by Crippen LogP contribution is 2.40. The van der Waals surface area contributed by atoms with Crippen LogP contribution in [0.1, 0.15) is 91.8 Å². The number of nitrogens with zero attached hydrogens (tertiary/aromatic N) is 4. The first-order chi connectivity index (χ1) is 19.5. The molecule has 1 saturated carbocycles. The second-order valence-electron chi connectivity index (χ2n) is 13.5. The summed E-state index contributed by atoms with van der Waals surface area (Å²) in [6.45, 7) is 16.1. The molecule has 1 atom stereocenters. The van der Waals surface area contributed by atoms with E-state index in [2.05, 4.69) is 63.2 Å². The van der Waals surface area contributed by atoms with Crippen molar-refractivity contribution in [3.8, 4) is 0 Å². The van der Waals surface area contributed by atoms with Gasteiger partial charge in [0.05, 0.1) is 22.8 Å². The minimum absolute atomic E-state index is 0.0811. The topological polar surface area (TPSA) is 54.0 Å². The molecule has 1 aliphatic carbocycles. The molecule has 0 saturated heterocycles. The molecule has 0 radical (unpaired) electrons. The Morgan fingerprint density at radius 3 is 2.49 bits per heavy atom. The lowest BCUT2D eigenvalue weighted by molar-refractivity contribution is -0.0958. The van der Waals surface area contributed by atoms with Crippen molar-refractivity contribution in [2.24, 2.45) is 11.3 Å². The third kappa shape index (κ3) is 6.44. The molecule has 4 aromatic rings. The monoisotopic (exact) mass is 578 g/mol. The zero-order valence-electron chi connectivity index (χ0n) is 25.8. The first-order valence-electron chi connectivity index (χ1n) is 15.5. The van der Waals surface area contributed by atoms with Crippen molar-refractivity contribution < 1.29 is 4.74 Å². The maximum atomic E-state index is 13.4. The molecule has 1 aliphatic rings. The Balaban J connectivity index is 1.29. The predicted octanol–water partition coefficient (Wildman–Crippen LogP) is 8.42. The van der Waals surface area contributed by atoms with Gasteiger partial charge in [-0.25, -0.2) is 4.79 Å². The highest BCUT2D eigenvalue weighted by molar-refractivity contribution is 6.31. The van der Waals surface area contributed by atoms with Gasteiger partial charge in [0.1, 0.15) is 0 Å². The molecule has 1 fully saturated rings. The second-order valence-corrected chi connectivity index (χ2v) is 13.9. The molecule has 0 bridgehead atoms. The van der Waals surface area contributed by atoms with Crippen LogP contribution in [0.3, 0.4) is 0 Å². The summed E-state index contributed by atoms with van der Waals surface area (Å²) < 4.78 is 12.8. The lowest BCUT2D eigenvalue weighted by atomic mass is 9.69. The number of ether oxygens (including phenoxy) is 1. The van der Waals surface area contributed by atoms with Crippen LogP contribution >= 0.6 is 11.6 Å². The van der Waals surface area contributed by atoms with Crippen LogP contribution in [-0.2, 0) is 24.2 Å². The van der Waals surface area contributed by atoms with E-state index in [1.165, 1.54) is 24.1 Å². The van der Waals surface area contributed by atoms with E-state index in [9.17, 15) is 4.79 Å². The van der Waals surface area contributed by atoms with Gasteiger partial charge in [-0.15, -0.1) is 0 Å². The summed E-state index contributed by atoms with van der Waals surface area (Å²) in [5.41, 5.74) is 4.47. The molecular weight excluding hydrogens is 532 g/mol. The number of aromatic nitrogens is 4. The summed E-state index contributed by atoms with van der Waals surface area (Å²) in [6, 6.07) is 10.7. The van der Waals surface area contributed by atoms with Gasteiger partial charge in [0.2, 0.25) is 0 Å². The lowest BCUT2D eigenvalue weighted by Crippen LogP contribution is -2.42. The van der Waals surface area contributed by atoms with Crippen molar-refractivity contribution in [3.63, 3.8) is 0 Å². The Morgan fingerprint density at radius 2 is 1.78 bits per heavy atom. The van der Waals surface area contributed by atoms with Crippen molar-refractivity contribution in [3.05, 3.63) is 63.9 Å². The number of fused-ring (bicyclic) bond motifs is 2. The minimum Gasteiger partial charge on any atom is -0.375 e. The molecule has 3 heterocycles. The van der Waals surface area contributed by atoms with E-state index >= 15 is 0 Å². The fourth-order valence-corrected chi connectivity index (χ4v) is 7.13. The van der Waals surface area contributed by atoms with Crippen LogP contribution in [0.15, 0.2) is 47.5 Å². The molecule has 222 valence electrons. The number of pyridine rings is 1. The van der Waals surface area contributed by atoms with Crippen molar-refractivity contribution >= 4 is 33.5 Å². The molecule has 6 nitrogen and oxygen atoms in total. The number of benzene rings is 1. The van der Waals surface area contributed by atoms with Gasteiger partial charge in [0, 0.05) is 60.0 Å². The van der Waals surface area contributed by atoms with Crippen LogP contribution < -0.4 is 5.69 Å². The number of aryl methyl sites for hydroxylation is 3. The number of rotatable bonds is 13. The Kier molecular flexibility index (Phi) is 8.73. The zero-order chi connectivity index (χ0) is 29.4. The highest BCUT2D eigenvalue weighted by atomic mass is 35.5. The number of halogens is 1. The molecule has 7 heteroatoms. The first-order valence-corrected chi connectivity index (χ1v) is 15.9. The first kappa shape index (κ1) is 29.9. The molecule has 0 N–H and O–H groups in total. The Hall–Kier alpha value is -2.57. The fraction of sp³-hybridized carbons (Fsp3) is 0.588. The summed E-state index contributed by atoms with van der Waals surface area (Å²) in [7, 11) is 0. The molecule has 41 heavy (non-hydrogen) atoms. The van der Waals surface area contributed by atoms with E-state index < -0.39 is 0 Å². The largest absolute Gasteiger partial charge is 0.375 e. The second kappa shape index (κ2) is 12.0. The van der Waals surface area contributed by atoms with E-state index in [1.807, 2.05) is 33.5 Å². The Morgan fingerprint density at radius 1 is 1.00 bits per heavy atom. The van der Waals surface area contributed by atoms with Crippen LogP contribution in [0, 0.1) is 11.3 Å². The molecule has 1 unspecified atom stereocenters. The van der Waals surface area contributed by atoms with Crippen LogP contribution in [-0.4, -0.2) is 30.9 Å². The number of unbranched alkanes of at least 4 members (excludes halogenated alkanes) is 1. The van der Waals surface area contributed by atoms with Gasteiger partial charge >= 0.3 is 5.69 Å². The van der Waals surface area contributed by atoms with Crippen molar-refractivity contribution in [2.45, 2.75) is 111 Å². The average Bonchev–Trinajstić information content (AvgIpc) is 3.63. The maximum absolute atomic E-state index is 13.4. The predicted molar refractivity (Wildman–Crippen MR) is 170 cm³/mol. The number of hydrogen-bond acceptors (Lipinski definition) is 3. The average molecular weight is 579 g/mol. The standard InChI is InChI=1S/C34H47ClN4O2/c1-7-10-31(33(2,3)4)34(5,6)41-20-9-8-18-37-27(22-24-21-25(35)11-14-28(24)37)16-19-38-30-23-36-17-15-29(30)39(32(38)40)26-12-13-26/h11,14-15,17,21-23,26,31H,7-10,12-13,16,18-20H2,1-6H3. The van der Waals surface area contributed by atoms with Gasteiger partial charge in [-0.3, -0.25) is 14.1 Å². The van der Waals surface area contributed by atoms with Crippen LogP contribution in [0.25, 0.3) is 21.9 Å². The van der Waals surface area contributed by atoms with E-state index in [4.69, 9.17) is 16.3 Å². The smallest absolute Gasteiger partial charge is 0.329 e. The summed E-state index contributed by atoms with van der Waals surface area (Å²) in [5.74, 6) is 0.509. The van der Waals surface area contributed by atoms with E-state index in [-0.39, 0.29) is 16.7 Å². The quantitative estimate of drug-likeness (QED) is 0.150. The van der Waals surface area contributed by atoms with Gasteiger partial charge in [0.25, 0.3) is 0 Å². The van der Waals surface area contributed by atoms with Crippen LogP contribution in [0.5, 0.6) is 0 Å². The zero-order valence-corrected chi connectivity index (χ0v) is 26.5. The van der Waals surface area contributed by atoms with Crippen molar-refractivity contribution in [1.29, 1.82) is 0 Å². The minimum atomic E-state index is -0.155. The highest BCUT2D eigenvalue weighted by Gasteiger charge is 2.38. The third-order valence-corrected chi connectivity index (χ3v) is 9.16. The Labute approximate surface area is 249 Å². The normalized spacial score (nSPS) is 15.3. The van der Waals surface area contributed by atoms with Gasteiger partial charge in [0.15, 0.2) is 0 Å². The van der Waals surface area contributed by atoms with Gasteiger partial charge in [-0.2, -0.15) is 0 Å². The molecule has 0 spiro atoms. The van der Waals surface area contributed by atoms with Gasteiger partial charge in [-0.1, -0.05) is 45.7 Å². The molecule has 1 aromatic carbocycles. The van der Waals surface area contributed by atoms with Crippen LogP contribution in [0.4, 0.5) is 0 Å². The fourth-order valence-electron chi connectivity index (χ4n) is 6.94. The van der Waals surface area contributed by atoms with Crippen LogP contribution in [0.2, 0.25) is 5.02 Å². The van der Waals surface area contributed by atoms with Crippen molar-refractivity contribution in [2.75, 3.05) is 6.61 Å². The van der Waals surface area contributed by atoms with E-state index in [0.717, 1.165) is 66.7 Å². The molecular formula is C34H47ClN4O2. The van der Waals surface area contributed by atoms with E-state index in [0.29, 0.717) is 18.5 Å².